The van der Waals surface area contributed by atoms with Gasteiger partial charge in [-0.1, -0.05) is 28.9 Å². The van der Waals surface area contributed by atoms with E-state index in [4.69, 9.17) is 16.1 Å². The first kappa shape index (κ1) is 17.2. The van der Waals surface area contributed by atoms with Crippen LogP contribution in [0.4, 0.5) is 5.82 Å². The first-order chi connectivity index (χ1) is 12.5. The van der Waals surface area contributed by atoms with Gasteiger partial charge in [0.2, 0.25) is 5.91 Å². The minimum absolute atomic E-state index is 0.0385. The second kappa shape index (κ2) is 6.81. The Balaban J connectivity index is 1.75. The molecule has 1 atom stereocenters. The van der Waals surface area contributed by atoms with Crippen LogP contribution in [0.25, 0.3) is 0 Å². The van der Waals surface area contributed by atoms with E-state index >= 15 is 0 Å². The highest BCUT2D eigenvalue weighted by molar-refractivity contribution is 8.00. The van der Waals surface area contributed by atoms with Gasteiger partial charge in [-0.2, -0.15) is 5.10 Å². The molecule has 3 heterocycles. The van der Waals surface area contributed by atoms with Gasteiger partial charge in [-0.15, -0.1) is 11.8 Å². The van der Waals surface area contributed by atoms with E-state index in [1.54, 1.807) is 11.8 Å². The second-order valence-corrected chi connectivity index (χ2v) is 7.74. The number of nitrogens with zero attached hydrogens (tertiary/aromatic N) is 3. The zero-order chi connectivity index (χ0) is 18.3. The molecule has 26 heavy (non-hydrogen) atoms. The molecule has 134 valence electrons. The molecule has 2 aromatic heterocycles. The first-order valence-corrected chi connectivity index (χ1v) is 9.60. The maximum absolute atomic E-state index is 12.2. The molecule has 0 saturated carbocycles. The zero-order valence-electron chi connectivity index (χ0n) is 14.3. The maximum atomic E-state index is 12.2. The molecule has 1 aromatic carbocycles. The highest BCUT2D eigenvalue weighted by Gasteiger charge is 2.31. The van der Waals surface area contributed by atoms with Gasteiger partial charge in [-0.05, 0) is 31.5 Å². The third-order valence-electron chi connectivity index (χ3n) is 4.39. The number of hydrogen-bond donors (Lipinski definition) is 1. The summed E-state index contributed by atoms with van der Waals surface area (Å²) in [7, 11) is 0. The van der Waals surface area contributed by atoms with E-state index in [1.165, 1.54) is 0 Å². The number of carbonyl (C=O) groups is 1. The number of anilines is 1. The molecule has 1 N–H and O–H groups in total. The fraction of sp³-hybridized carbons (Fsp3) is 0.278. The number of carbonyl (C=O) groups excluding carboxylic acids is 1. The minimum atomic E-state index is -0.0471. The monoisotopic (exact) mass is 388 g/mol. The van der Waals surface area contributed by atoms with Gasteiger partial charge < -0.3 is 9.84 Å². The SMILES string of the molecule is Cc1noc(C)c1[C@H]1SCC(=O)Nc2c1cnn2Cc1ccc(Cl)cc1. The number of fused-ring (bicyclic) bond motifs is 1. The molecule has 0 aliphatic carbocycles. The van der Waals surface area contributed by atoms with Crippen LogP contribution in [-0.4, -0.2) is 26.6 Å². The van der Waals surface area contributed by atoms with Crippen LogP contribution in [0.5, 0.6) is 0 Å². The van der Waals surface area contributed by atoms with E-state index < -0.39 is 0 Å². The van der Waals surface area contributed by atoms with Gasteiger partial charge in [0, 0.05) is 16.1 Å². The predicted molar refractivity (Wildman–Crippen MR) is 102 cm³/mol. The van der Waals surface area contributed by atoms with Crippen molar-refractivity contribution < 1.29 is 9.32 Å². The van der Waals surface area contributed by atoms with Crippen molar-refractivity contribution in [3.63, 3.8) is 0 Å². The molecule has 1 amide bonds. The number of amides is 1. The summed E-state index contributed by atoms with van der Waals surface area (Å²) in [4.78, 5) is 12.2. The average Bonchev–Trinajstić information content (AvgIpc) is 3.10. The van der Waals surface area contributed by atoms with Crippen LogP contribution in [0.15, 0.2) is 35.0 Å². The van der Waals surface area contributed by atoms with E-state index in [2.05, 4.69) is 15.6 Å². The van der Waals surface area contributed by atoms with E-state index in [1.807, 2.05) is 49.0 Å². The van der Waals surface area contributed by atoms with Crippen LogP contribution in [0.2, 0.25) is 5.02 Å². The molecule has 0 fully saturated rings. The van der Waals surface area contributed by atoms with Crippen LogP contribution in [0.3, 0.4) is 0 Å². The average molecular weight is 389 g/mol. The molecule has 4 rings (SSSR count). The van der Waals surface area contributed by atoms with E-state index in [0.29, 0.717) is 17.3 Å². The van der Waals surface area contributed by atoms with E-state index in [0.717, 1.165) is 34.0 Å². The molecule has 0 saturated heterocycles. The Labute approximate surface area is 159 Å². The number of aromatic nitrogens is 3. The van der Waals surface area contributed by atoms with Gasteiger partial charge in [-0.3, -0.25) is 4.79 Å². The summed E-state index contributed by atoms with van der Waals surface area (Å²) in [5, 5.41) is 12.2. The number of thioether (sulfide) groups is 1. The fourth-order valence-corrected chi connectivity index (χ4v) is 4.50. The van der Waals surface area contributed by atoms with Crippen LogP contribution in [0.1, 0.15) is 33.4 Å². The first-order valence-electron chi connectivity index (χ1n) is 8.17. The largest absolute Gasteiger partial charge is 0.361 e. The lowest BCUT2D eigenvalue weighted by atomic mass is 10.1. The van der Waals surface area contributed by atoms with Crippen LogP contribution in [0, 0.1) is 13.8 Å². The Morgan fingerprint density at radius 1 is 1.35 bits per heavy atom. The van der Waals surface area contributed by atoms with Crippen molar-refractivity contribution >= 4 is 35.1 Å². The van der Waals surface area contributed by atoms with Gasteiger partial charge in [0.05, 0.1) is 29.4 Å². The van der Waals surface area contributed by atoms with Crippen molar-refractivity contribution in [3.8, 4) is 0 Å². The third-order valence-corrected chi connectivity index (χ3v) is 5.89. The Bertz CT molecular complexity index is 945. The van der Waals surface area contributed by atoms with E-state index in [-0.39, 0.29) is 11.2 Å². The minimum Gasteiger partial charge on any atom is -0.361 e. The number of benzene rings is 1. The van der Waals surface area contributed by atoms with Crippen molar-refractivity contribution in [2.45, 2.75) is 25.6 Å². The lowest BCUT2D eigenvalue weighted by Gasteiger charge is -2.13. The molecule has 1 aliphatic heterocycles. The summed E-state index contributed by atoms with van der Waals surface area (Å²) in [6.07, 6.45) is 1.82. The number of nitrogens with one attached hydrogen (secondary N) is 1. The number of hydrogen-bond acceptors (Lipinski definition) is 5. The molecular formula is C18H17ClN4O2S. The molecule has 8 heteroatoms. The molecule has 6 nitrogen and oxygen atoms in total. The van der Waals surface area contributed by atoms with E-state index in [9.17, 15) is 4.79 Å². The molecule has 3 aromatic rings. The lowest BCUT2D eigenvalue weighted by molar-refractivity contribution is -0.113. The summed E-state index contributed by atoms with van der Waals surface area (Å²) in [6, 6.07) is 7.60. The summed E-state index contributed by atoms with van der Waals surface area (Å²) in [6.45, 7) is 4.37. The topological polar surface area (TPSA) is 73.0 Å². The van der Waals surface area contributed by atoms with Gasteiger partial charge in [0.15, 0.2) is 0 Å². The van der Waals surface area contributed by atoms with Crippen molar-refractivity contribution in [3.05, 3.63) is 63.6 Å². The molecule has 0 bridgehead atoms. The Morgan fingerprint density at radius 3 is 2.81 bits per heavy atom. The number of rotatable bonds is 3. The van der Waals surface area contributed by atoms with Gasteiger partial charge in [0.1, 0.15) is 11.6 Å². The molecular weight excluding hydrogens is 372 g/mol. The van der Waals surface area contributed by atoms with Crippen molar-refractivity contribution in [2.75, 3.05) is 11.1 Å². The van der Waals surface area contributed by atoms with Crippen molar-refractivity contribution in [1.29, 1.82) is 0 Å². The number of aryl methyl sites for hydroxylation is 2. The van der Waals surface area contributed by atoms with Crippen LogP contribution in [-0.2, 0) is 11.3 Å². The van der Waals surface area contributed by atoms with Crippen LogP contribution >= 0.6 is 23.4 Å². The Kier molecular flexibility index (Phi) is 4.50. The summed E-state index contributed by atoms with van der Waals surface area (Å²) in [5.41, 5.74) is 3.87. The zero-order valence-corrected chi connectivity index (χ0v) is 15.9. The number of halogens is 1. The molecule has 1 aliphatic rings. The summed E-state index contributed by atoms with van der Waals surface area (Å²) in [5.74, 6) is 1.82. The van der Waals surface area contributed by atoms with Crippen molar-refractivity contribution in [2.24, 2.45) is 0 Å². The Morgan fingerprint density at radius 2 is 2.12 bits per heavy atom. The van der Waals surface area contributed by atoms with Crippen LogP contribution < -0.4 is 5.32 Å². The maximum Gasteiger partial charge on any atom is 0.235 e. The lowest BCUT2D eigenvalue weighted by Crippen LogP contribution is -2.16. The van der Waals surface area contributed by atoms with Gasteiger partial charge in [0.25, 0.3) is 0 Å². The molecule has 0 spiro atoms. The highest BCUT2D eigenvalue weighted by atomic mass is 35.5. The third kappa shape index (κ3) is 3.12. The normalized spacial score (nSPS) is 16.9. The fourth-order valence-electron chi connectivity index (χ4n) is 3.13. The molecule has 0 unspecified atom stereocenters. The Hall–Kier alpha value is -2.25. The second-order valence-electron chi connectivity index (χ2n) is 6.21. The highest BCUT2D eigenvalue weighted by Crippen LogP contribution is 2.43. The quantitative estimate of drug-likeness (QED) is 0.735. The van der Waals surface area contributed by atoms with Gasteiger partial charge in [-0.25, -0.2) is 4.68 Å². The van der Waals surface area contributed by atoms with Crippen molar-refractivity contribution in [1.82, 2.24) is 14.9 Å². The molecule has 0 radical (unpaired) electrons. The summed E-state index contributed by atoms with van der Waals surface area (Å²) < 4.78 is 7.15. The standard InChI is InChI=1S/C18H17ClN4O2S/c1-10-16(11(2)25-22-10)17-14-7-20-23(18(14)21-15(24)9-26-17)8-12-3-5-13(19)6-4-12/h3-7,17H,8-9H2,1-2H3,(H,21,24)/t17-/m0/s1. The van der Waals surface area contributed by atoms with Gasteiger partial charge >= 0.3 is 0 Å². The summed E-state index contributed by atoms with van der Waals surface area (Å²) >= 11 is 7.52. The predicted octanol–water partition coefficient (Wildman–Crippen LogP) is 3.96. The smallest absolute Gasteiger partial charge is 0.235 e.